The number of nitrogens with zero attached hydrogens (tertiary/aromatic N) is 1. The second-order valence-corrected chi connectivity index (χ2v) is 12.5. The summed E-state index contributed by atoms with van der Waals surface area (Å²) in [6.07, 6.45) is -4.03. The maximum Gasteiger partial charge on any atom is 0.243 e. The van der Waals surface area contributed by atoms with Crippen LogP contribution >= 0.6 is 0 Å². The molecule has 2 aliphatic heterocycles. The number of morpholine rings is 1. The number of ether oxygens (including phenoxy) is 2. The zero-order chi connectivity index (χ0) is 54.0. The van der Waals surface area contributed by atoms with Crippen molar-refractivity contribution >= 4 is 29.4 Å². The van der Waals surface area contributed by atoms with Crippen LogP contribution < -0.4 is 21.3 Å². The fourth-order valence-electron chi connectivity index (χ4n) is 5.24. The molecule has 4 amide bonds. The highest BCUT2D eigenvalue weighted by molar-refractivity contribution is 5.98. The van der Waals surface area contributed by atoms with Gasteiger partial charge in [-0.05, 0) is 55.5 Å². The maximum atomic E-state index is 14.6. The van der Waals surface area contributed by atoms with Crippen LogP contribution in [-0.4, -0.2) is 103 Å². The normalized spacial score (nSPS) is 28.9. The molecule has 2 aliphatic rings. The Bertz CT molecular complexity index is 2180. The fraction of sp³-hybridized carbons (Fsp3) is 0.575. The minimum absolute atomic E-state index is 0.0301. The molecule has 2 aromatic carbocycles. The number of aryl methyl sites for hydroxylation is 1. The molecule has 284 valence electrons. The first-order valence-corrected chi connectivity index (χ1v) is 16.6. The molecule has 0 aromatic heterocycles. The van der Waals surface area contributed by atoms with Gasteiger partial charge in [0, 0.05) is 44.1 Å². The zero-order valence-corrected chi connectivity index (χ0v) is 28.7. The third kappa shape index (κ3) is 13.1. The van der Waals surface area contributed by atoms with E-state index in [0.717, 1.165) is 6.92 Å². The number of rotatable bonds is 20. The fourth-order valence-corrected chi connectivity index (χ4v) is 5.24. The average molecular weight is 739 g/mol. The predicted molar refractivity (Wildman–Crippen MR) is 198 cm³/mol. The van der Waals surface area contributed by atoms with Gasteiger partial charge in [0.15, 0.2) is 5.78 Å². The summed E-state index contributed by atoms with van der Waals surface area (Å²) >= 11 is 0. The highest BCUT2D eigenvalue weighted by Crippen LogP contribution is 2.29. The topological polar surface area (TPSA) is 158 Å². The lowest BCUT2D eigenvalue weighted by molar-refractivity contribution is -0.135. The number of benzene rings is 2. The van der Waals surface area contributed by atoms with Gasteiger partial charge < -0.3 is 30.7 Å². The molecule has 0 radical (unpaired) electrons. The molecule has 0 saturated carbocycles. The van der Waals surface area contributed by atoms with Crippen LogP contribution in [0.15, 0.2) is 60.7 Å². The van der Waals surface area contributed by atoms with E-state index >= 15 is 0 Å². The largest absolute Gasteiger partial charge is 0.379 e. The number of carbonyl (C=O) groups excluding carboxylic acids is 5. The van der Waals surface area contributed by atoms with Crippen LogP contribution in [0.1, 0.15) is 90.8 Å². The molecule has 5 atom stereocenters. The SMILES string of the molecule is [2H]C1([2H])COCC([2H])([2H])N1CC(=O)N[C@@H](CCc1ccccc1)C(=O)N[C@@H](CC([2H])(C([2H])([2H])[2H])C([2H])([2H])[2H])C(=O)N[C@@H](Cc1ccccc1)C(=O)N[C@]([2H])(CC([2H])(C([2H])([2H])[2H])C([2H])([2H])[2H])C(=O)[C@@]1(C)CO1. The average Bonchev–Trinajstić information content (AvgIpc) is 3.99. The molecule has 2 aromatic rings. The van der Waals surface area contributed by atoms with E-state index in [9.17, 15) is 25.3 Å². The summed E-state index contributed by atoms with van der Waals surface area (Å²) in [7, 11) is 0. The summed E-state index contributed by atoms with van der Waals surface area (Å²) in [4.78, 5) is 71.7. The zero-order valence-electron chi connectivity index (χ0n) is 47.7. The first kappa shape index (κ1) is 21.5. The molecule has 0 bridgehead atoms. The Balaban J connectivity index is 1.80. The Kier molecular flexibility index (Phi) is 8.13. The highest BCUT2D eigenvalue weighted by Gasteiger charge is 2.50. The molecule has 0 aliphatic carbocycles. The van der Waals surface area contributed by atoms with Gasteiger partial charge >= 0.3 is 0 Å². The molecule has 12 heteroatoms. The Hall–Kier alpha value is -4.13. The Morgan fingerprint density at radius 3 is 1.96 bits per heavy atom. The van der Waals surface area contributed by atoms with Crippen molar-refractivity contribution in [3.63, 3.8) is 0 Å². The number of hydrogen-bond acceptors (Lipinski definition) is 8. The predicted octanol–water partition coefficient (Wildman–Crippen LogP) is 2.58. The molecular weight excluding hydrogens is 662 g/mol. The van der Waals surface area contributed by atoms with Crippen LogP contribution in [0.2, 0.25) is 0 Å². The molecule has 2 saturated heterocycles. The number of ketones is 1. The van der Waals surface area contributed by atoms with Crippen molar-refractivity contribution in [2.24, 2.45) is 11.8 Å². The second kappa shape index (κ2) is 19.6. The van der Waals surface area contributed by atoms with Crippen LogP contribution in [-0.2, 0) is 46.3 Å². The van der Waals surface area contributed by atoms with E-state index in [2.05, 4.69) is 16.0 Å². The van der Waals surface area contributed by atoms with Gasteiger partial charge in [0.05, 0.1) is 33.8 Å². The van der Waals surface area contributed by atoms with Gasteiger partial charge in [-0.3, -0.25) is 28.9 Å². The van der Waals surface area contributed by atoms with E-state index in [-0.39, 0.29) is 25.0 Å². The van der Waals surface area contributed by atoms with Crippen LogP contribution in [0.3, 0.4) is 0 Å². The van der Waals surface area contributed by atoms with Crippen molar-refractivity contribution in [2.45, 2.75) is 96.2 Å². The number of Topliss-reactive ketones (excluding diaryl/α,β-unsaturated/α-hetero) is 1. The molecule has 0 spiro atoms. The van der Waals surface area contributed by atoms with Crippen molar-refractivity contribution in [3.05, 3.63) is 71.8 Å². The molecular formula is C40H57N5O7. The second-order valence-electron chi connectivity index (χ2n) is 12.5. The standard InChI is InChI=1S/C40H57N5O7/c1-27(2)22-32(36(47)40(5)26-52-40)42-39(50)34(24-30-14-10-7-11-15-30)44-38(49)33(23-28(3)4)43-37(48)31(17-16-29-12-8-6-9-13-29)41-35(46)25-45-18-20-51-21-19-45/h6-15,27-28,31-34H,16-26H2,1-5H3,(H,41,46)(H,42,50)(H,43,48)(H,44,49)/t31-,32+,33-,34-,40+/m0/s1/i1D3,2D3,3D3,4D3,18D2,19D2,27D,28D,32D. The summed E-state index contributed by atoms with van der Waals surface area (Å²) in [6.45, 7) is -21.2. The minimum Gasteiger partial charge on any atom is -0.379 e. The number of hydrogen-bond donors (Lipinski definition) is 4. The van der Waals surface area contributed by atoms with E-state index in [1.54, 1.807) is 36.4 Å². The minimum atomic E-state index is -3.71. The molecule has 2 fully saturated rings. The van der Waals surface area contributed by atoms with Crippen molar-refractivity contribution < 1.29 is 59.5 Å². The smallest absolute Gasteiger partial charge is 0.243 e. The number of nitrogens with one attached hydrogen (secondary N) is 4. The van der Waals surface area contributed by atoms with Crippen molar-refractivity contribution in [3.8, 4) is 0 Å². The van der Waals surface area contributed by atoms with Crippen molar-refractivity contribution in [1.29, 1.82) is 0 Å². The molecule has 4 N–H and O–H groups in total. The quantitative estimate of drug-likeness (QED) is 0.151. The Morgan fingerprint density at radius 1 is 0.788 bits per heavy atom. The van der Waals surface area contributed by atoms with E-state index in [0.29, 0.717) is 10.5 Å². The summed E-state index contributed by atoms with van der Waals surface area (Å²) in [5.41, 5.74) is -0.989. The lowest BCUT2D eigenvalue weighted by atomic mass is 9.93. The first-order chi connectivity index (χ1) is 32.2. The number of amides is 4. The first-order valence-electron chi connectivity index (χ1n) is 26.1. The molecule has 2 heterocycles. The Morgan fingerprint density at radius 2 is 1.35 bits per heavy atom. The van der Waals surface area contributed by atoms with Gasteiger partial charge in [0.2, 0.25) is 23.6 Å². The number of epoxide rings is 1. The molecule has 52 heavy (non-hydrogen) atoms. The van der Waals surface area contributed by atoms with Crippen LogP contribution in [0.5, 0.6) is 0 Å². The molecule has 0 unspecified atom stereocenters. The van der Waals surface area contributed by atoms with Gasteiger partial charge in [0.25, 0.3) is 0 Å². The van der Waals surface area contributed by atoms with Crippen LogP contribution in [0.4, 0.5) is 0 Å². The highest BCUT2D eigenvalue weighted by atomic mass is 16.6. The van der Waals surface area contributed by atoms with Crippen LogP contribution in [0, 0.1) is 11.8 Å². The monoisotopic (exact) mass is 739 g/mol. The van der Waals surface area contributed by atoms with Gasteiger partial charge in [-0.15, -0.1) is 0 Å². The Labute approximate surface area is 334 Å². The van der Waals surface area contributed by atoms with Crippen LogP contribution in [0.25, 0.3) is 0 Å². The summed E-state index contributed by atoms with van der Waals surface area (Å²) in [5, 5.41) is 8.83. The van der Waals surface area contributed by atoms with Gasteiger partial charge in [-0.2, -0.15) is 0 Å². The van der Waals surface area contributed by atoms with E-state index in [4.69, 9.17) is 34.1 Å². The number of carbonyl (C=O) groups is 5. The van der Waals surface area contributed by atoms with E-state index in [1.807, 2.05) is 5.32 Å². The summed E-state index contributed by atoms with van der Waals surface area (Å²) in [5.74, 6) is -13.9. The van der Waals surface area contributed by atoms with E-state index < -0.39 is 150 Å². The van der Waals surface area contributed by atoms with Crippen molar-refractivity contribution in [2.75, 3.05) is 39.4 Å². The van der Waals surface area contributed by atoms with Gasteiger partial charge in [-0.25, -0.2) is 0 Å². The van der Waals surface area contributed by atoms with Gasteiger partial charge in [0.1, 0.15) is 23.7 Å². The summed E-state index contributed by atoms with van der Waals surface area (Å²) in [6, 6.07) is 6.42. The molecule has 4 rings (SSSR count). The lowest BCUT2D eigenvalue weighted by Crippen LogP contribution is -2.59. The maximum absolute atomic E-state index is 14.6. The van der Waals surface area contributed by atoms with Gasteiger partial charge in [-0.1, -0.05) is 88.1 Å². The van der Waals surface area contributed by atoms with E-state index in [1.165, 1.54) is 24.3 Å². The summed E-state index contributed by atoms with van der Waals surface area (Å²) < 4.78 is 166. The lowest BCUT2D eigenvalue weighted by Gasteiger charge is -2.29. The van der Waals surface area contributed by atoms with Crippen molar-refractivity contribution in [1.82, 2.24) is 26.2 Å². The third-order valence-corrected chi connectivity index (χ3v) is 8.15. The third-order valence-electron chi connectivity index (χ3n) is 8.15. The molecule has 12 nitrogen and oxygen atoms in total.